The Balaban J connectivity index is 0.000000146. The molecule has 0 fully saturated rings. The predicted molar refractivity (Wildman–Crippen MR) is 212 cm³/mol. The van der Waals surface area contributed by atoms with Gasteiger partial charge in [0.15, 0.2) is 28.8 Å². The SMILES string of the molecule is Brc1ccc(-c2nnc3ccccn23)nc1.Brc1ccc(-c2nnc3ccccn23)nc1.CC(=O)O.N/C(=N\Nc1ccccn1)c1ccc(Br)cn1. The summed E-state index contributed by atoms with van der Waals surface area (Å²) < 4.78 is 6.62. The number of halogens is 3. The van der Waals surface area contributed by atoms with Gasteiger partial charge in [-0.15, -0.1) is 20.4 Å². The summed E-state index contributed by atoms with van der Waals surface area (Å²) in [7, 11) is 0. The van der Waals surface area contributed by atoms with E-state index in [1.54, 1.807) is 36.9 Å². The second-order valence-corrected chi connectivity index (χ2v) is 13.1. The molecule has 266 valence electrons. The molecular weight excluding hydrogens is 874 g/mol. The summed E-state index contributed by atoms with van der Waals surface area (Å²) >= 11 is 10.0. The van der Waals surface area contributed by atoms with E-state index >= 15 is 0 Å². The topological polar surface area (TPSA) is 200 Å². The van der Waals surface area contributed by atoms with Gasteiger partial charge in [-0.05, 0) is 121 Å². The van der Waals surface area contributed by atoms with Gasteiger partial charge < -0.3 is 10.8 Å². The summed E-state index contributed by atoms with van der Waals surface area (Å²) in [6.07, 6.45) is 10.7. The van der Waals surface area contributed by atoms with Crippen molar-refractivity contribution >= 4 is 76.7 Å². The van der Waals surface area contributed by atoms with E-state index in [1.807, 2.05) is 100 Å². The molecule has 0 atom stereocenters. The van der Waals surface area contributed by atoms with Gasteiger partial charge >= 0.3 is 0 Å². The molecule has 0 spiro atoms. The number of aromatic nitrogens is 10. The fourth-order valence-electron chi connectivity index (χ4n) is 4.18. The van der Waals surface area contributed by atoms with E-state index < -0.39 is 5.97 Å². The molecule has 0 unspecified atom stereocenters. The molecular formula is C35H28Br3N13O2. The molecule has 8 aromatic heterocycles. The molecule has 0 aliphatic heterocycles. The number of aliphatic carboxylic acids is 1. The van der Waals surface area contributed by atoms with Crippen LogP contribution in [0.4, 0.5) is 5.82 Å². The molecule has 8 rings (SSSR count). The van der Waals surface area contributed by atoms with Gasteiger partial charge in [-0.25, -0.2) is 4.98 Å². The van der Waals surface area contributed by atoms with E-state index in [-0.39, 0.29) is 0 Å². The fraction of sp³-hybridized carbons (Fsp3) is 0.0286. The van der Waals surface area contributed by atoms with Crippen molar-refractivity contribution in [2.45, 2.75) is 6.92 Å². The van der Waals surface area contributed by atoms with Crippen molar-refractivity contribution in [1.29, 1.82) is 0 Å². The Morgan fingerprint density at radius 1 is 0.660 bits per heavy atom. The van der Waals surface area contributed by atoms with Crippen molar-refractivity contribution in [3.63, 3.8) is 0 Å². The number of nitrogens with two attached hydrogens (primary N) is 1. The highest BCUT2D eigenvalue weighted by molar-refractivity contribution is 9.11. The number of hydrogen-bond donors (Lipinski definition) is 3. The number of carboxylic acids is 1. The lowest BCUT2D eigenvalue weighted by Crippen LogP contribution is -2.17. The normalized spacial score (nSPS) is 10.6. The molecule has 0 aromatic carbocycles. The van der Waals surface area contributed by atoms with Crippen LogP contribution in [-0.2, 0) is 4.79 Å². The molecule has 0 bridgehead atoms. The van der Waals surface area contributed by atoms with Crippen LogP contribution in [0.25, 0.3) is 34.3 Å². The Labute approximate surface area is 327 Å². The molecule has 0 saturated heterocycles. The van der Waals surface area contributed by atoms with Crippen molar-refractivity contribution in [3.8, 4) is 23.0 Å². The number of pyridine rings is 6. The summed E-state index contributed by atoms with van der Waals surface area (Å²) in [5, 5.41) is 27.8. The maximum absolute atomic E-state index is 9.00. The van der Waals surface area contributed by atoms with E-state index in [4.69, 9.17) is 15.6 Å². The minimum absolute atomic E-state index is 0.308. The highest BCUT2D eigenvalue weighted by Crippen LogP contribution is 2.19. The van der Waals surface area contributed by atoms with Crippen LogP contribution in [0, 0.1) is 0 Å². The minimum Gasteiger partial charge on any atom is -0.481 e. The Morgan fingerprint density at radius 3 is 1.58 bits per heavy atom. The number of anilines is 1. The van der Waals surface area contributed by atoms with Crippen molar-refractivity contribution in [1.82, 2.24) is 49.1 Å². The van der Waals surface area contributed by atoms with Crippen LogP contribution >= 0.6 is 47.8 Å². The molecule has 8 aromatic rings. The molecule has 0 radical (unpaired) electrons. The minimum atomic E-state index is -0.833. The first-order chi connectivity index (χ1) is 25.7. The zero-order valence-corrected chi connectivity index (χ0v) is 32.4. The van der Waals surface area contributed by atoms with Gasteiger partial charge in [0.05, 0.1) is 0 Å². The Hall–Kier alpha value is -5.98. The van der Waals surface area contributed by atoms with Gasteiger partial charge in [-0.2, -0.15) is 5.10 Å². The van der Waals surface area contributed by atoms with E-state index in [9.17, 15) is 0 Å². The van der Waals surface area contributed by atoms with Crippen LogP contribution in [0.3, 0.4) is 0 Å². The molecule has 0 aliphatic carbocycles. The molecule has 18 heteroatoms. The molecule has 4 N–H and O–H groups in total. The Morgan fingerprint density at radius 2 is 1.15 bits per heavy atom. The second-order valence-electron chi connectivity index (χ2n) is 10.3. The van der Waals surface area contributed by atoms with E-state index in [0.29, 0.717) is 17.3 Å². The number of fused-ring (bicyclic) bond motifs is 2. The maximum Gasteiger partial charge on any atom is 0.300 e. The second kappa shape index (κ2) is 19.0. The number of hydrazone groups is 1. The third-order valence-corrected chi connectivity index (χ3v) is 7.89. The average molecular weight is 902 g/mol. The van der Waals surface area contributed by atoms with Crippen LogP contribution in [0.1, 0.15) is 12.6 Å². The molecule has 0 amide bonds. The number of nitrogens with one attached hydrogen (secondary N) is 1. The largest absolute Gasteiger partial charge is 0.481 e. The quantitative estimate of drug-likeness (QED) is 0.0895. The van der Waals surface area contributed by atoms with Crippen molar-refractivity contribution in [2.75, 3.05) is 5.43 Å². The molecule has 53 heavy (non-hydrogen) atoms. The van der Waals surface area contributed by atoms with E-state index in [2.05, 4.69) is 98.6 Å². The number of carbonyl (C=O) groups is 1. The van der Waals surface area contributed by atoms with Crippen molar-refractivity contribution in [3.05, 3.63) is 147 Å². The summed E-state index contributed by atoms with van der Waals surface area (Å²) in [5.41, 5.74) is 12.4. The zero-order valence-electron chi connectivity index (χ0n) is 27.6. The highest BCUT2D eigenvalue weighted by atomic mass is 79.9. The smallest absolute Gasteiger partial charge is 0.300 e. The number of nitrogens with zero attached hydrogens (tertiary/aromatic N) is 11. The first-order valence-electron chi connectivity index (χ1n) is 15.3. The lowest BCUT2D eigenvalue weighted by molar-refractivity contribution is -0.134. The molecule has 15 nitrogen and oxygen atoms in total. The van der Waals surface area contributed by atoms with E-state index in [1.165, 1.54) is 0 Å². The van der Waals surface area contributed by atoms with Gasteiger partial charge in [0.2, 0.25) is 0 Å². The monoisotopic (exact) mass is 899 g/mol. The van der Waals surface area contributed by atoms with Crippen LogP contribution in [0.5, 0.6) is 0 Å². The first-order valence-corrected chi connectivity index (χ1v) is 17.7. The summed E-state index contributed by atoms with van der Waals surface area (Å²) in [6, 6.07) is 28.4. The number of amidine groups is 1. The maximum atomic E-state index is 9.00. The average Bonchev–Trinajstić information content (AvgIpc) is 3.81. The zero-order chi connectivity index (χ0) is 37.6. The first kappa shape index (κ1) is 38.3. The summed E-state index contributed by atoms with van der Waals surface area (Å²) in [5.74, 6) is 1.61. The fourth-order valence-corrected chi connectivity index (χ4v) is 4.88. The van der Waals surface area contributed by atoms with E-state index in [0.717, 1.165) is 54.7 Å². The van der Waals surface area contributed by atoms with Gasteiger partial charge in [-0.3, -0.25) is 34.0 Å². The number of carboxylic acid groups (broad SMARTS) is 1. The molecule has 0 saturated carbocycles. The molecule has 8 heterocycles. The van der Waals surface area contributed by atoms with Crippen LogP contribution in [0.2, 0.25) is 0 Å². The van der Waals surface area contributed by atoms with Gasteiger partial charge in [0, 0.05) is 57.5 Å². The van der Waals surface area contributed by atoms with Crippen LogP contribution in [0.15, 0.2) is 147 Å². The van der Waals surface area contributed by atoms with Gasteiger partial charge in [0.1, 0.15) is 22.9 Å². The summed E-state index contributed by atoms with van der Waals surface area (Å²) in [6.45, 7) is 1.08. The van der Waals surface area contributed by atoms with Gasteiger partial charge in [-0.1, -0.05) is 18.2 Å². The highest BCUT2D eigenvalue weighted by Gasteiger charge is 2.09. The van der Waals surface area contributed by atoms with Crippen LogP contribution in [-0.4, -0.2) is 66.0 Å². The Bertz CT molecular complexity index is 2290. The van der Waals surface area contributed by atoms with Crippen molar-refractivity contribution in [2.24, 2.45) is 10.8 Å². The lowest BCUT2D eigenvalue weighted by atomic mass is 10.3. The lowest BCUT2D eigenvalue weighted by Gasteiger charge is -2.01. The van der Waals surface area contributed by atoms with Crippen LogP contribution < -0.4 is 11.2 Å². The third kappa shape index (κ3) is 11.3. The third-order valence-electron chi connectivity index (χ3n) is 6.49. The van der Waals surface area contributed by atoms with Gasteiger partial charge in [0.25, 0.3) is 5.97 Å². The molecule has 0 aliphatic rings. The number of hydrogen-bond acceptors (Lipinski definition) is 11. The Kier molecular flexibility index (Phi) is 13.7. The number of rotatable bonds is 5. The predicted octanol–water partition coefficient (Wildman–Crippen LogP) is 7.17. The summed E-state index contributed by atoms with van der Waals surface area (Å²) in [4.78, 5) is 25.8. The van der Waals surface area contributed by atoms with Crippen molar-refractivity contribution < 1.29 is 9.90 Å². The standard InChI is InChI=1S/C11H10BrN5.2C11H7BrN4.C2H4O2/c12-8-4-5-9(15-7-8)11(13)17-16-10-3-1-2-6-14-10;2*12-8-4-5-9(13-7-8)11-15-14-10-3-1-2-6-16(10)11;1-2(3)4/h1-7H,(H2,13,17)(H,14,16);2*1-7H;1H3,(H,3,4).